The Morgan fingerprint density at radius 2 is 0.882 bits per heavy atom. The predicted octanol–water partition coefficient (Wildman–Crippen LogP) is 5.00. The molecule has 196 valence electrons. The van der Waals surface area contributed by atoms with Crippen molar-refractivity contribution >= 4 is 18.1 Å². The fraction of sp³-hybridized carbons (Fsp3) is 0.696. The van der Waals surface area contributed by atoms with Crippen molar-refractivity contribution in [3.05, 3.63) is 24.7 Å². The van der Waals surface area contributed by atoms with Crippen molar-refractivity contribution in [1.29, 1.82) is 0 Å². The molecule has 0 rings (SSSR count). The molecule has 0 aliphatic carbocycles. The number of ether oxygens (including phenoxy) is 4. The van der Waals surface area contributed by atoms with Crippen LogP contribution in [-0.2, 0) is 48.1 Å². The number of rotatable bonds is 14. The second-order valence-electron chi connectivity index (χ2n) is 9.44. The number of esters is 2. The van der Waals surface area contributed by atoms with Gasteiger partial charge in [-0.15, -0.1) is 0 Å². The Morgan fingerprint density at radius 1 is 0.588 bits per heavy atom. The molecule has 11 nitrogen and oxygen atoms in total. The summed E-state index contributed by atoms with van der Waals surface area (Å²) in [5.74, 6) is -6.53. The summed E-state index contributed by atoms with van der Waals surface area (Å²) in [5.41, 5.74) is -1.31. The Morgan fingerprint density at radius 3 is 1.15 bits per heavy atom. The lowest BCUT2D eigenvalue weighted by molar-refractivity contribution is -0.328. The molecule has 0 unspecified atom stereocenters. The molecule has 0 saturated carbocycles. The molecule has 0 radical (unpaired) electrons. The lowest BCUT2D eigenvalue weighted by atomic mass is 10.1. The molecule has 0 spiro atoms. The second-order valence-corrected chi connectivity index (χ2v) is 9.44. The fourth-order valence-electron chi connectivity index (χ4n) is 1.54. The third-order valence-corrected chi connectivity index (χ3v) is 4.23. The minimum atomic E-state index is -1.78. The van der Waals surface area contributed by atoms with E-state index in [2.05, 4.69) is 13.2 Å². The molecule has 0 aromatic rings. The van der Waals surface area contributed by atoms with Crippen LogP contribution in [0.2, 0.25) is 0 Å². The largest absolute Gasteiger partial charge is 0.514 e. The minimum Gasteiger partial charge on any atom is -0.417 e. The van der Waals surface area contributed by atoms with E-state index in [-0.39, 0.29) is 0 Å². The first kappa shape index (κ1) is 31.2. The van der Waals surface area contributed by atoms with Crippen LogP contribution < -0.4 is 0 Å². The van der Waals surface area contributed by atoms with E-state index in [0.29, 0.717) is 12.8 Å². The summed E-state index contributed by atoms with van der Waals surface area (Å²) >= 11 is 0. The summed E-state index contributed by atoms with van der Waals surface area (Å²) in [4.78, 5) is 56.4. The van der Waals surface area contributed by atoms with E-state index in [4.69, 9.17) is 38.5 Å². The molecule has 0 amide bonds. The molecule has 0 aromatic carbocycles. The van der Waals surface area contributed by atoms with Crippen LogP contribution in [0, 0.1) is 0 Å². The van der Waals surface area contributed by atoms with Crippen molar-refractivity contribution in [2.45, 2.75) is 105 Å². The number of hydrogen-bond acceptors (Lipinski definition) is 11. The van der Waals surface area contributed by atoms with Gasteiger partial charge >= 0.3 is 18.1 Å². The van der Waals surface area contributed by atoms with Crippen molar-refractivity contribution in [2.75, 3.05) is 0 Å². The second kappa shape index (κ2) is 12.1. The van der Waals surface area contributed by atoms with Gasteiger partial charge in [-0.3, -0.25) is 0 Å². The molecule has 34 heavy (non-hydrogen) atoms. The van der Waals surface area contributed by atoms with Crippen LogP contribution in [0.1, 0.15) is 82.1 Å². The predicted molar refractivity (Wildman–Crippen MR) is 119 cm³/mol. The van der Waals surface area contributed by atoms with Gasteiger partial charge in [0.1, 0.15) is 11.2 Å². The van der Waals surface area contributed by atoms with Gasteiger partial charge in [0, 0.05) is 27.7 Å². The van der Waals surface area contributed by atoms with Crippen molar-refractivity contribution in [2.24, 2.45) is 0 Å². The van der Waals surface area contributed by atoms with Crippen LogP contribution in [0.25, 0.3) is 0 Å². The van der Waals surface area contributed by atoms with Gasteiger partial charge in [-0.2, -0.15) is 9.78 Å². The molecule has 0 heterocycles. The molecular formula is C23H38O11. The molecule has 0 N–H and O–H groups in total. The van der Waals surface area contributed by atoms with Crippen molar-refractivity contribution < 1.29 is 52.9 Å². The Bertz CT molecular complexity index is 701. The molecule has 0 atom stereocenters. The Hall–Kier alpha value is -2.79. The zero-order valence-corrected chi connectivity index (χ0v) is 21.8. The van der Waals surface area contributed by atoms with E-state index in [9.17, 15) is 14.4 Å². The highest BCUT2D eigenvalue weighted by Crippen LogP contribution is 2.22. The van der Waals surface area contributed by atoms with E-state index < -0.39 is 52.4 Å². The monoisotopic (exact) mass is 490 g/mol. The fourth-order valence-corrected chi connectivity index (χ4v) is 1.54. The standard InChI is InChI=1S/C23H38O11/c1-13-20(5,6)33-31-15(3)17(24)27-22(9,10)29-19(26)30-23(11,12)28-18(25)16(4)32-34-21(7,8)14-2/h3-4,13-14H2,1-2,5-12H3. The SMILES string of the molecule is C=C(OOC(C)(C)CC)C(=O)OC(C)(C)OC(=O)OC(C)(C)OC(=O)C(=C)OOC(C)(C)CC. The van der Waals surface area contributed by atoms with Gasteiger partial charge in [-0.05, 0) is 53.7 Å². The summed E-state index contributed by atoms with van der Waals surface area (Å²) in [6, 6.07) is 0. The normalized spacial score (nSPS) is 12.3. The van der Waals surface area contributed by atoms with Crippen molar-refractivity contribution in [1.82, 2.24) is 0 Å². The zero-order valence-electron chi connectivity index (χ0n) is 21.8. The van der Waals surface area contributed by atoms with Crippen molar-refractivity contribution in [3.8, 4) is 0 Å². The third-order valence-electron chi connectivity index (χ3n) is 4.23. The lowest BCUT2D eigenvalue weighted by Crippen LogP contribution is -2.40. The van der Waals surface area contributed by atoms with Gasteiger partial charge in [0.05, 0.1) is 0 Å². The Kier molecular flexibility index (Phi) is 11.1. The summed E-state index contributed by atoms with van der Waals surface area (Å²) in [6.45, 7) is 22.7. The molecule has 0 aliphatic heterocycles. The average molecular weight is 491 g/mol. The number of carbonyl (C=O) groups excluding carboxylic acids is 3. The Labute approximate surface area is 201 Å². The van der Waals surface area contributed by atoms with Crippen LogP contribution in [0.3, 0.4) is 0 Å². The first-order valence-electron chi connectivity index (χ1n) is 10.7. The molecular weight excluding hydrogens is 452 g/mol. The summed E-state index contributed by atoms with van der Waals surface area (Å²) < 4.78 is 20.1. The van der Waals surface area contributed by atoms with Gasteiger partial charge in [-0.1, -0.05) is 13.8 Å². The molecule has 0 fully saturated rings. The number of carbonyl (C=O) groups is 3. The van der Waals surface area contributed by atoms with Crippen LogP contribution in [0.15, 0.2) is 24.7 Å². The van der Waals surface area contributed by atoms with E-state index >= 15 is 0 Å². The molecule has 0 aliphatic rings. The molecule has 0 aromatic heterocycles. The van der Waals surface area contributed by atoms with Crippen LogP contribution >= 0.6 is 0 Å². The van der Waals surface area contributed by atoms with Crippen LogP contribution in [0.5, 0.6) is 0 Å². The van der Waals surface area contributed by atoms with E-state index in [0.717, 1.165) is 0 Å². The smallest absolute Gasteiger partial charge is 0.417 e. The van der Waals surface area contributed by atoms with E-state index in [1.165, 1.54) is 27.7 Å². The topological polar surface area (TPSA) is 125 Å². The highest BCUT2D eigenvalue weighted by Gasteiger charge is 2.36. The molecule has 11 heteroatoms. The maximum absolute atomic E-state index is 12.2. The minimum absolute atomic E-state index is 0.451. The number of hydrogen-bond donors (Lipinski definition) is 0. The quantitative estimate of drug-likeness (QED) is 0.0815. The summed E-state index contributed by atoms with van der Waals surface area (Å²) in [6.07, 6.45) is -0.0704. The van der Waals surface area contributed by atoms with E-state index in [1.54, 1.807) is 27.7 Å². The third kappa shape index (κ3) is 12.4. The van der Waals surface area contributed by atoms with Gasteiger partial charge in [0.15, 0.2) is 0 Å². The molecule has 0 bridgehead atoms. The maximum atomic E-state index is 12.2. The van der Waals surface area contributed by atoms with Gasteiger partial charge < -0.3 is 28.7 Å². The van der Waals surface area contributed by atoms with Crippen LogP contribution in [0.4, 0.5) is 4.79 Å². The maximum Gasteiger partial charge on any atom is 0.514 e. The Balaban J connectivity index is 4.78. The summed E-state index contributed by atoms with van der Waals surface area (Å²) in [7, 11) is 0. The van der Waals surface area contributed by atoms with Crippen LogP contribution in [-0.4, -0.2) is 40.9 Å². The zero-order chi connectivity index (χ0) is 27.0. The highest BCUT2D eigenvalue weighted by molar-refractivity contribution is 5.86. The van der Waals surface area contributed by atoms with Gasteiger partial charge in [-0.25, -0.2) is 14.4 Å². The highest BCUT2D eigenvalue weighted by atomic mass is 17.2. The first-order valence-corrected chi connectivity index (χ1v) is 10.7. The van der Waals surface area contributed by atoms with Crippen molar-refractivity contribution in [3.63, 3.8) is 0 Å². The average Bonchev–Trinajstić information content (AvgIpc) is 2.68. The summed E-state index contributed by atoms with van der Waals surface area (Å²) in [5, 5.41) is 0. The van der Waals surface area contributed by atoms with Gasteiger partial charge in [0.2, 0.25) is 11.5 Å². The molecule has 0 saturated heterocycles. The van der Waals surface area contributed by atoms with E-state index in [1.807, 2.05) is 13.8 Å². The first-order chi connectivity index (χ1) is 15.2. The van der Waals surface area contributed by atoms with Gasteiger partial charge in [0.25, 0.3) is 11.6 Å². The lowest BCUT2D eigenvalue weighted by Gasteiger charge is -2.29.